The van der Waals surface area contributed by atoms with Crippen LogP contribution in [0.2, 0.25) is 0 Å². The van der Waals surface area contributed by atoms with Gasteiger partial charge in [0, 0.05) is 10.8 Å². The topological polar surface area (TPSA) is 13.1 Å². The molecule has 0 radical (unpaired) electrons. The van der Waals surface area contributed by atoms with Gasteiger partial charge in [-0.25, -0.2) is 0 Å². The highest BCUT2D eigenvalue weighted by Gasteiger charge is 2.12. The van der Waals surface area contributed by atoms with Crippen molar-refractivity contribution < 1.29 is 4.42 Å². The summed E-state index contributed by atoms with van der Waals surface area (Å²) in [5.74, 6) is 0. The van der Waals surface area contributed by atoms with Crippen LogP contribution in [0.15, 0.2) is 199 Å². The fourth-order valence-corrected chi connectivity index (χ4v) is 8.25. The van der Waals surface area contributed by atoms with Gasteiger partial charge in [-0.3, -0.25) is 0 Å². The molecule has 0 saturated carbocycles. The van der Waals surface area contributed by atoms with E-state index in [2.05, 4.69) is 194 Å². The van der Waals surface area contributed by atoms with Crippen molar-refractivity contribution in [1.29, 1.82) is 0 Å². The lowest BCUT2D eigenvalue weighted by Gasteiger charge is -2.12. The minimum Gasteiger partial charge on any atom is -0.456 e. The lowest BCUT2D eigenvalue weighted by Crippen LogP contribution is -1.85. The predicted molar refractivity (Wildman–Crippen MR) is 225 cm³/mol. The van der Waals surface area contributed by atoms with E-state index in [1.54, 1.807) is 0 Å². The van der Waals surface area contributed by atoms with Crippen molar-refractivity contribution in [3.05, 3.63) is 194 Å². The normalized spacial score (nSPS) is 11.8. The summed E-state index contributed by atoms with van der Waals surface area (Å²) in [5.41, 5.74) is 11.4. The van der Waals surface area contributed by atoms with E-state index >= 15 is 0 Å². The summed E-state index contributed by atoms with van der Waals surface area (Å²) >= 11 is 0. The first-order valence-electron chi connectivity index (χ1n) is 18.2. The quantitative estimate of drug-likeness (QED) is 0.170. The smallest absolute Gasteiger partial charge is 0.136 e. The highest BCUT2D eigenvalue weighted by atomic mass is 16.3. The van der Waals surface area contributed by atoms with E-state index in [1.165, 1.54) is 76.5 Å². The second kappa shape index (κ2) is 11.8. The van der Waals surface area contributed by atoms with Crippen LogP contribution in [0.4, 0.5) is 0 Å². The van der Waals surface area contributed by atoms with Gasteiger partial charge in [-0.1, -0.05) is 146 Å². The molecule has 1 heteroatoms. The average molecular weight is 673 g/mol. The molecule has 0 saturated heterocycles. The monoisotopic (exact) mass is 672 g/mol. The molecule has 0 unspecified atom stereocenters. The van der Waals surface area contributed by atoms with Crippen molar-refractivity contribution in [2.24, 2.45) is 0 Å². The molecule has 0 spiro atoms. The summed E-state index contributed by atoms with van der Waals surface area (Å²) in [6.07, 6.45) is 0. The van der Waals surface area contributed by atoms with Gasteiger partial charge in [0.2, 0.25) is 0 Å². The van der Waals surface area contributed by atoms with E-state index in [0.29, 0.717) is 0 Å². The van der Waals surface area contributed by atoms with Crippen LogP contribution < -0.4 is 0 Å². The van der Waals surface area contributed by atoms with E-state index in [1.807, 2.05) is 0 Å². The zero-order chi connectivity index (χ0) is 34.9. The minimum absolute atomic E-state index is 0.906. The summed E-state index contributed by atoms with van der Waals surface area (Å²) in [6.45, 7) is 0. The molecule has 10 aromatic carbocycles. The maximum absolute atomic E-state index is 6.49. The standard InChI is InChI=1S/C52H32O/c1-2-8-36-27-40(18-15-33(36)7-1)42-23-25-48-49-26-24-43(32-52(49)53-51(48)31-42)41-22-21-38-28-37(19-20-39(38)29-41)34-13-16-35(17-14-34)50-30-44-9-3-4-10-45(44)46-11-5-6-12-47(46)50/h1-32H. The molecular weight excluding hydrogens is 641 g/mol. The number of hydrogen-bond acceptors (Lipinski definition) is 1. The minimum atomic E-state index is 0.906. The van der Waals surface area contributed by atoms with Gasteiger partial charge in [0.15, 0.2) is 0 Å². The first-order valence-corrected chi connectivity index (χ1v) is 18.2. The Balaban J connectivity index is 0.893. The average Bonchev–Trinajstić information content (AvgIpc) is 3.60. The molecule has 53 heavy (non-hydrogen) atoms. The van der Waals surface area contributed by atoms with Gasteiger partial charge < -0.3 is 4.42 Å². The Morgan fingerprint density at radius 3 is 1.28 bits per heavy atom. The van der Waals surface area contributed by atoms with Crippen molar-refractivity contribution in [3.63, 3.8) is 0 Å². The van der Waals surface area contributed by atoms with E-state index in [4.69, 9.17) is 4.42 Å². The van der Waals surface area contributed by atoms with Crippen LogP contribution in [0, 0.1) is 0 Å². The Kier molecular flexibility index (Phi) is 6.62. The molecule has 246 valence electrons. The van der Waals surface area contributed by atoms with Gasteiger partial charge in [-0.2, -0.15) is 0 Å². The molecular formula is C52H32O. The zero-order valence-corrected chi connectivity index (χ0v) is 28.9. The first-order chi connectivity index (χ1) is 26.2. The van der Waals surface area contributed by atoms with E-state index < -0.39 is 0 Å². The first kappa shape index (κ1) is 29.7. The molecule has 0 atom stereocenters. The maximum Gasteiger partial charge on any atom is 0.136 e. The Bertz CT molecular complexity index is 3220. The summed E-state index contributed by atoms with van der Waals surface area (Å²) in [5, 5.41) is 12.4. The second-order valence-corrected chi connectivity index (χ2v) is 14.1. The fourth-order valence-electron chi connectivity index (χ4n) is 8.25. The molecule has 11 aromatic rings. The largest absolute Gasteiger partial charge is 0.456 e. The van der Waals surface area contributed by atoms with Crippen molar-refractivity contribution in [2.45, 2.75) is 0 Å². The lowest BCUT2D eigenvalue weighted by atomic mass is 9.92. The number of rotatable bonds is 4. The molecule has 0 fully saturated rings. The van der Waals surface area contributed by atoms with Crippen LogP contribution in [0.1, 0.15) is 0 Å². The van der Waals surface area contributed by atoms with E-state index in [-0.39, 0.29) is 0 Å². The van der Waals surface area contributed by atoms with Crippen LogP contribution in [0.25, 0.3) is 110 Å². The molecule has 0 bridgehead atoms. The van der Waals surface area contributed by atoms with Crippen LogP contribution in [-0.2, 0) is 0 Å². The third kappa shape index (κ3) is 5.01. The molecule has 0 aliphatic carbocycles. The lowest BCUT2D eigenvalue weighted by molar-refractivity contribution is 0.669. The summed E-state index contributed by atoms with van der Waals surface area (Å²) in [7, 11) is 0. The maximum atomic E-state index is 6.49. The van der Waals surface area contributed by atoms with Crippen molar-refractivity contribution in [2.75, 3.05) is 0 Å². The zero-order valence-electron chi connectivity index (χ0n) is 28.9. The Morgan fingerprint density at radius 2 is 0.642 bits per heavy atom. The number of benzene rings is 10. The Labute approximate surface area is 307 Å². The van der Waals surface area contributed by atoms with Crippen LogP contribution in [0.3, 0.4) is 0 Å². The molecule has 1 heterocycles. The third-order valence-corrected chi connectivity index (χ3v) is 11.0. The van der Waals surface area contributed by atoms with E-state index in [9.17, 15) is 0 Å². The van der Waals surface area contributed by atoms with Gasteiger partial charge in [0.05, 0.1) is 0 Å². The van der Waals surface area contributed by atoms with Crippen LogP contribution in [0.5, 0.6) is 0 Å². The second-order valence-electron chi connectivity index (χ2n) is 14.1. The number of furan rings is 1. The molecule has 1 nitrogen and oxygen atoms in total. The SMILES string of the molecule is c1ccc2cc(-c3ccc4c(c3)oc3cc(-c5ccc6cc(-c7ccc(-c8cc9ccccc9c9ccccc89)cc7)ccc6c5)ccc34)ccc2c1. The fraction of sp³-hybridized carbons (Fsp3) is 0. The van der Waals surface area contributed by atoms with Crippen molar-refractivity contribution in [3.8, 4) is 44.5 Å². The molecule has 0 N–H and O–H groups in total. The Morgan fingerprint density at radius 1 is 0.226 bits per heavy atom. The van der Waals surface area contributed by atoms with Gasteiger partial charge >= 0.3 is 0 Å². The highest BCUT2D eigenvalue weighted by molar-refractivity contribution is 6.14. The molecule has 1 aromatic heterocycles. The molecule has 0 aliphatic heterocycles. The van der Waals surface area contributed by atoms with Crippen LogP contribution in [-0.4, -0.2) is 0 Å². The van der Waals surface area contributed by atoms with Crippen molar-refractivity contribution >= 4 is 65.0 Å². The van der Waals surface area contributed by atoms with E-state index in [0.717, 1.165) is 33.1 Å². The van der Waals surface area contributed by atoms with Crippen molar-refractivity contribution in [1.82, 2.24) is 0 Å². The Hall–Kier alpha value is -6.96. The number of hydrogen-bond donors (Lipinski definition) is 0. The summed E-state index contributed by atoms with van der Waals surface area (Å²) < 4.78 is 6.49. The predicted octanol–water partition coefficient (Wildman–Crippen LogP) is 14.9. The molecule has 0 amide bonds. The van der Waals surface area contributed by atoms with Crippen LogP contribution >= 0.6 is 0 Å². The third-order valence-electron chi connectivity index (χ3n) is 11.0. The highest BCUT2D eigenvalue weighted by Crippen LogP contribution is 2.38. The van der Waals surface area contributed by atoms with Gasteiger partial charge in [0.25, 0.3) is 0 Å². The summed E-state index contributed by atoms with van der Waals surface area (Å²) in [4.78, 5) is 0. The van der Waals surface area contributed by atoms with Gasteiger partial charge in [-0.15, -0.1) is 0 Å². The van der Waals surface area contributed by atoms with Gasteiger partial charge in [0.1, 0.15) is 11.2 Å². The van der Waals surface area contributed by atoms with Gasteiger partial charge in [-0.05, 0) is 136 Å². The number of fused-ring (bicyclic) bond motifs is 8. The molecule has 11 rings (SSSR count). The summed E-state index contributed by atoms with van der Waals surface area (Å²) in [6, 6.07) is 70.6. The molecule has 0 aliphatic rings.